The number of nitrogens with zero attached hydrogens (tertiary/aromatic N) is 1. The highest BCUT2D eigenvalue weighted by Gasteiger charge is 2.10. The molecule has 0 spiro atoms. The summed E-state index contributed by atoms with van der Waals surface area (Å²) in [6.45, 7) is 4.95. The molecule has 0 aromatic heterocycles. The average Bonchev–Trinajstić information content (AvgIpc) is 2.46. The Hall–Kier alpha value is -1.09. The summed E-state index contributed by atoms with van der Waals surface area (Å²) in [5.41, 5.74) is 0. The van der Waals surface area contributed by atoms with Gasteiger partial charge in [-0.05, 0) is 26.0 Å². The Morgan fingerprint density at radius 3 is 2.59 bits per heavy atom. The number of para-hydroxylation sites is 1. The lowest BCUT2D eigenvalue weighted by molar-refractivity contribution is 0.178. The van der Waals surface area contributed by atoms with Gasteiger partial charge in [0.1, 0.15) is 6.10 Å². The molecule has 0 aliphatic carbocycles. The number of benzene rings is 1. The van der Waals surface area contributed by atoms with Gasteiger partial charge >= 0.3 is 0 Å². The summed E-state index contributed by atoms with van der Waals surface area (Å²) in [5.74, 6) is 0.548. The van der Waals surface area contributed by atoms with E-state index in [2.05, 4.69) is 15.6 Å². The monoisotopic (exact) mass is 425 g/mol. The summed E-state index contributed by atoms with van der Waals surface area (Å²) < 4.78 is 24.1. The molecule has 22 heavy (non-hydrogen) atoms. The molecule has 7 heteroatoms. The van der Waals surface area contributed by atoms with E-state index in [0.29, 0.717) is 19.1 Å². The average molecular weight is 425 g/mol. The van der Waals surface area contributed by atoms with E-state index in [1.807, 2.05) is 13.8 Å². The molecule has 1 rings (SSSR count). The highest BCUT2D eigenvalue weighted by atomic mass is 127. The summed E-state index contributed by atoms with van der Waals surface area (Å²) >= 11 is 0. The number of hydrogen-bond donors (Lipinski definition) is 2. The maximum absolute atomic E-state index is 13.5. The summed E-state index contributed by atoms with van der Waals surface area (Å²) in [7, 11) is 3.34. The van der Waals surface area contributed by atoms with E-state index in [1.54, 1.807) is 32.4 Å². The van der Waals surface area contributed by atoms with Crippen LogP contribution in [-0.4, -0.2) is 45.4 Å². The molecule has 2 atom stereocenters. The van der Waals surface area contributed by atoms with Crippen molar-refractivity contribution in [2.45, 2.75) is 26.0 Å². The molecular weight excluding hydrogens is 400 g/mol. The van der Waals surface area contributed by atoms with E-state index in [9.17, 15) is 4.39 Å². The summed E-state index contributed by atoms with van der Waals surface area (Å²) in [5, 5.41) is 6.32. The fraction of sp³-hybridized carbons (Fsp3) is 0.533. The number of nitrogens with one attached hydrogen (secondary N) is 2. The molecule has 0 radical (unpaired) electrons. The second kappa shape index (κ2) is 11.5. The van der Waals surface area contributed by atoms with Gasteiger partial charge in [-0.1, -0.05) is 12.1 Å². The maximum Gasteiger partial charge on any atom is 0.191 e. The lowest BCUT2D eigenvalue weighted by Gasteiger charge is -2.20. The van der Waals surface area contributed by atoms with E-state index >= 15 is 0 Å². The summed E-state index contributed by atoms with van der Waals surface area (Å²) in [6, 6.07) is 6.51. The van der Waals surface area contributed by atoms with E-state index in [-0.39, 0.29) is 47.7 Å². The molecule has 1 aromatic carbocycles. The highest BCUT2D eigenvalue weighted by Crippen LogP contribution is 2.16. The summed E-state index contributed by atoms with van der Waals surface area (Å²) in [4.78, 5) is 4.12. The maximum atomic E-state index is 13.5. The fourth-order valence-corrected chi connectivity index (χ4v) is 1.76. The fourth-order valence-electron chi connectivity index (χ4n) is 1.76. The zero-order valence-corrected chi connectivity index (χ0v) is 15.8. The first-order chi connectivity index (χ1) is 10.1. The molecule has 0 saturated carbocycles. The van der Waals surface area contributed by atoms with Crippen molar-refractivity contribution in [2.75, 3.05) is 27.3 Å². The van der Waals surface area contributed by atoms with Crippen molar-refractivity contribution >= 4 is 29.9 Å². The normalized spacial score (nSPS) is 13.8. The first kappa shape index (κ1) is 20.9. The van der Waals surface area contributed by atoms with Gasteiger partial charge in [0.05, 0.1) is 13.2 Å². The molecule has 1 aromatic rings. The standard InChI is InChI=1S/C15H24FN3O2.HI/c1-11(10-20-4)19-15(17-3)18-9-12(2)21-14-8-6-5-7-13(14)16;/h5-8,11-12H,9-10H2,1-4H3,(H2,17,18,19);1H. The van der Waals surface area contributed by atoms with Crippen molar-refractivity contribution in [3.63, 3.8) is 0 Å². The number of methoxy groups -OCH3 is 1. The molecular formula is C15H25FIN3O2. The van der Waals surface area contributed by atoms with Gasteiger partial charge in [-0.25, -0.2) is 4.39 Å². The van der Waals surface area contributed by atoms with Gasteiger partial charge in [-0.15, -0.1) is 24.0 Å². The van der Waals surface area contributed by atoms with E-state index in [1.165, 1.54) is 6.07 Å². The first-order valence-electron chi connectivity index (χ1n) is 6.94. The van der Waals surface area contributed by atoms with Gasteiger partial charge in [0.15, 0.2) is 17.5 Å². The van der Waals surface area contributed by atoms with Gasteiger partial charge in [0.25, 0.3) is 0 Å². The van der Waals surface area contributed by atoms with Crippen LogP contribution in [0.2, 0.25) is 0 Å². The van der Waals surface area contributed by atoms with Crippen LogP contribution in [0.25, 0.3) is 0 Å². The van der Waals surface area contributed by atoms with Crippen LogP contribution in [0, 0.1) is 5.82 Å². The SMILES string of the molecule is CN=C(NCC(C)Oc1ccccc1F)NC(C)COC.I. The van der Waals surface area contributed by atoms with Gasteiger partial charge in [0, 0.05) is 20.2 Å². The van der Waals surface area contributed by atoms with Crippen LogP contribution in [0.4, 0.5) is 4.39 Å². The topological polar surface area (TPSA) is 54.9 Å². The number of ether oxygens (including phenoxy) is 2. The van der Waals surface area contributed by atoms with E-state index < -0.39 is 0 Å². The minimum absolute atomic E-state index is 0. The molecule has 2 N–H and O–H groups in total. The predicted molar refractivity (Wildman–Crippen MR) is 97.7 cm³/mol. The first-order valence-corrected chi connectivity index (χ1v) is 6.94. The molecule has 0 amide bonds. The van der Waals surface area contributed by atoms with Gasteiger partial charge in [-0.3, -0.25) is 4.99 Å². The molecule has 2 unspecified atom stereocenters. The lowest BCUT2D eigenvalue weighted by atomic mass is 10.3. The summed E-state index contributed by atoms with van der Waals surface area (Å²) in [6.07, 6.45) is -0.196. The third-order valence-electron chi connectivity index (χ3n) is 2.75. The van der Waals surface area contributed by atoms with Crippen LogP contribution in [0.15, 0.2) is 29.3 Å². The zero-order chi connectivity index (χ0) is 15.7. The van der Waals surface area contributed by atoms with Crippen LogP contribution in [0.5, 0.6) is 5.75 Å². The molecule has 0 fully saturated rings. The molecule has 0 saturated heterocycles. The van der Waals surface area contributed by atoms with Gasteiger partial charge < -0.3 is 20.1 Å². The van der Waals surface area contributed by atoms with Crippen molar-refractivity contribution in [3.8, 4) is 5.75 Å². The zero-order valence-electron chi connectivity index (χ0n) is 13.4. The smallest absolute Gasteiger partial charge is 0.191 e. The van der Waals surface area contributed by atoms with Crippen LogP contribution < -0.4 is 15.4 Å². The highest BCUT2D eigenvalue weighted by molar-refractivity contribution is 14.0. The Balaban J connectivity index is 0.00000441. The molecule has 0 aliphatic heterocycles. The van der Waals surface area contributed by atoms with Crippen LogP contribution in [0.3, 0.4) is 0 Å². The minimum Gasteiger partial charge on any atom is -0.486 e. The number of hydrogen-bond acceptors (Lipinski definition) is 3. The van der Waals surface area contributed by atoms with Crippen LogP contribution in [0.1, 0.15) is 13.8 Å². The Morgan fingerprint density at radius 2 is 2.00 bits per heavy atom. The van der Waals surface area contributed by atoms with Crippen molar-refractivity contribution in [3.05, 3.63) is 30.1 Å². The number of aliphatic imine (C=N–C) groups is 1. The largest absolute Gasteiger partial charge is 0.486 e. The molecule has 0 bridgehead atoms. The second-order valence-corrected chi connectivity index (χ2v) is 4.81. The minimum atomic E-state index is -0.361. The number of guanidine groups is 1. The van der Waals surface area contributed by atoms with E-state index in [0.717, 1.165) is 0 Å². The third kappa shape index (κ3) is 7.79. The molecule has 126 valence electrons. The Morgan fingerprint density at radius 1 is 1.32 bits per heavy atom. The van der Waals surface area contributed by atoms with Gasteiger partial charge in [0.2, 0.25) is 0 Å². The van der Waals surface area contributed by atoms with Crippen molar-refractivity contribution < 1.29 is 13.9 Å². The van der Waals surface area contributed by atoms with E-state index in [4.69, 9.17) is 9.47 Å². The van der Waals surface area contributed by atoms with Crippen LogP contribution >= 0.6 is 24.0 Å². The molecule has 0 aliphatic rings. The number of halogens is 2. The van der Waals surface area contributed by atoms with Crippen LogP contribution in [-0.2, 0) is 4.74 Å². The Bertz CT molecular complexity index is 460. The lowest BCUT2D eigenvalue weighted by Crippen LogP contribution is -2.46. The second-order valence-electron chi connectivity index (χ2n) is 4.81. The molecule has 0 heterocycles. The Kier molecular flexibility index (Phi) is 10.9. The molecule has 5 nitrogen and oxygen atoms in total. The van der Waals surface area contributed by atoms with Crippen molar-refractivity contribution in [1.29, 1.82) is 0 Å². The number of rotatable bonds is 7. The predicted octanol–water partition coefficient (Wildman–Crippen LogP) is 2.41. The third-order valence-corrected chi connectivity index (χ3v) is 2.75. The van der Waals surface area contributed by atoms with Crippen molar-refractivity contribution in [1.82, 2.24) is 10.6 Å². The quantitative estimate of drug-likeness (QED) is 0.400. The Labute approximate surface area is 148 Å². The van der Waals surface area contributed by atoms with Gasteiger partial charge in [-0.2, -0.15) is 0 Å². The van der Waals surface area contributed by atoms with Crippen molar-refractivity contribution in [2.24, 2.45) is 4.99 Å².